The number of piperidine rings is 1. The van der Waals surface area contributed by atoms with Crippen molar-refractivity contribution in [2.45, 2.75) is 38.3 Å². The average Bonchev–Trinajstić information content (AvgIpc) is 2.97. The summed E-state index contributed by atoms with van der Waals surface area (Å²) in [6.45, 7) is 3.82. The van der Waals surface area contributed by atoms with Gasteiger partial charge in [-0.2, -0.15) is 4.37 Å². The zero-order valence-corrected chi connectivity index (χ0v) is 13.3. The lowest BCUT2D eigenvalue weighted by Gasteiger charge is -2.37. The van der Waals surface area contributed by atoms with Gasteiger partial charge in [-0.3, -0.25) is 0 Å². The summed E-state index contributed by atoms with van der Waals surface area (Å²) in [5.41, 5.74) is 1.46. The fraction of sp³-hybridized carbons (Fsp3) is 0.500. The van der Waals surface area contributed by atoms with Crippen molar-refractivity contribution in [1.82, 2.24) is 9.36 Å². The van der Waals surface area contributed by atoms with Crippen molar-refractivity contribution < 1.29 is 4.74 Å². The third-order valence-electron chi connectivity index (χ3n) is 4.12. The number of hydrogen-bond acceptors (Lipinski definition) is 5. The van der Waals surface area contributed by atoms with Gasteiger partial charge in [0.05, 0.1) is 0 Å². The second kappa shape index (κ2) is 6.54. The summed E-state index contributed by atoms with van der Waals surface area (Å²) in [4.78, 5) is 6.97. The van der Waals surface area contributed by atoms with Crippen LogP contribution in [-0.4, -0.2) is 29.1 Å². The smallest absolute Gasteiger partial charge is 0.205 e. The minimum Gasteiger partial charge on any atom is -0.377 e. The fourth-order valence-electron chi connectivity index (χ4n) is 3.03. The third kappa shape index (κ3) is 3.24. The van der Waals surface area contributed by atoms with Crippen molar-refractivity contribution in [3.8, 4) is 0 Å². The molecule has 0 amide bonds. The van der Waals surface area contributed by atoms with Crippen molar-refractivity contribution >= 4 is 16.7 Å². The highest BCUT2D eigenvalue weighted by Gasteiger charge is 2.28. The Kier molecular flexibility index (Phi) is 4.51. The maximum absolute atomic E-state index is 5.09. The van der Waals surface area contributed by atoms with E-state index >= 15 is 0 Å². The van der Waals surface area contributed by atoms with Crippen LogP contribution >= 0.6 is 11.5 Å². The Bertz CT molecular complexity index is 572. The van der Waals surface area contributed by atoms with Crippen LogP contribution in [0.1, 0.15) is 37.1 Å². The van der Waals surface area contributed by atoms with Gasteiger partial charge in [-0.05, 0) is 31.2 Å². The summed E-state index contributed by atoms with van der Waals surface area (Å²) in [6, 6.07) is 11.3. The molecule has 2 heterocycles. The summed E-state index contributed by atoms with van der Waals surface area (Å²) < 4.78 is 9.45. The first-order valence-corrected chi connectivity index (χ1v) is 8.18. The van der Waals surface area contributed by atoms with Gasteiger partial charge in [0.1, 0.15) is 6.61 Å². The molecule has 0 radical (unpaired) electrons. The van der Waals surface area contributed by atoms with E-state index < -0.39 is 0 Å². The molecule has 1 saturated heterocycles. The highest BCUT2D eigenvalue weighted by molar-refractivity contribution is 7.09. The van der Waals surface area contributed by atoms with E-state index in [1.54, 1.807) is 7.11 Å². The molecule has 1 aromatic carbocycles. The second-order valence-electron chi connectivity index (χ2n) is 5.60. The van der Waals surface area contributed by atoms with Gasteiger partial charge < -0.3 is 9.64 Å². The zero-order chi connectivity index (χ0) is 14.7. The number of rotatable bonds is 4. The van der Waals surface area contributed by atoms with Crippen LogP contribution in [0.5, 0.6) is 0 Å². The summed E-state index contributed by atoms with van der Waals surface area (Å²) in [5.74, 6) is 1.44. The van der Waals surface area contributed by atoms with Crippen LogP contribution in [-0.2, 0) is 11.3 Å². The molecule has 21 heavy (non-hydrogen) atoms. The number of aromatic nitrogens is 2. The molecule has 112 valence electrons. The van der Waals surface area contributed by atoms with Crippen LogP contribution in [0.2, 0.25) is 0 Å². The van der Waals surface area contributed by atoms with Crippen LogP contribution in [0.25, 0.3) is 0 Å². The quantitative estimate of drug-likeness (QED) is 0.867. The van der Waals surface area contributed by atoms with Crippen molar-refractivity contribution in [2.24, 2.45) is 0 Å². The molecule has 4 nitrogen and oxygen atoms in total. The van der Waals surface area contributed by atoms with Crippen LogP contribution in [0.3, 0.4) is 0 Å². The van der Waals surface area contributed by atoms with Crippen LogP contribution < -0.4 is 4.90 Å². The normalized spacial score (nSPS) is 22.5. The fourth-order valence-corrected chi connectivity index (χ4v) is 3.84. The molecule has 1 aliphatic heterocycles. The minimum absolute atomic E-state index is 0.491. The molecule has 1 fully saturated rings. The van der Waals surface area contributed by atoms with Gasteiger partial charge in [0, 0.05) is 31.2 Å². The van der Waals surface area contributed by atoms with E-state index in [1.165, 1.54) is 29.9 Å². The van der Waals surface area contributed by atoms with Gasteiger partial charge in [0.15, 0.2) is 5.82 Å². The Morgan fingerprint density at radius 2 is 2.14 bits per heavy atom. The van der Waals surface area contributed by atoms with Crippen molar-refractivity contribution in [3.05, 3.63) is 41.7 Å². The van der Waals surface area contributed by atoms with Crippen molar-refractivity contribution in [3.63, 3.8) is 0 Å². The van der Waals surface area contributed by atoms with Gasteiger partial charge >= 0.3 is 0 Å². The standard InChI is InChI=1S/C16H21N3OS/c1-12-10-14(13-6-4-3-5-7-13)8-9-19(12)16-17-15(11-20-2)18-21-16/h3-7,12,14H,8-11H2,1-2H3. The molecule has 2 aromatic rings. The molecule has 0 aliphatic carbocycles. The van der Waals surface area contributed by atoms with Gasteiger partial charge in [-0.25, -0.2) is 4.98 Å². The summed E-state index contributed by atoms with van der Waals surface area (Å²) in [6.07, 6.45) is 2.34. The average molecular weight is 303 g/mol. The van der Waals surface area contributed by atoms with Crippen molar-refractivity contribution in [1.29, 1.82) is 0 Å². The number of anilines is 1. The Labute approximate surface area is 129 Å². The maximum Gasteiger partial charge on any atom is 0.205 e. The molecular formula is C16H21N3OS. The first-order valence-electron chi connectivity index (χ1n) is 7.41. The SMILES string of the molecule is COCc1nsc(N2CCC(c3ccccc3)CC2C)n1. The Hall–Kier alpha value is -1.46. The van der Waals surface area contributed by atoms with Crippen LogP contribution in [0.15, 0.2) is 30.3 Å². The Morgan fingerprint density at radius 3 is 2.86 bits per heavy atom. The lowest BCUT2D eigenvalue weighted by molar-refractivity contribution is 0.179. The van der Waals surface area contributed by atoms with Gasteiger partial charge in [-0.15, -0.1) is 0 Å². The lowest BCUT2D eigenvalue weighted by Crippen LogP contribution is -2.40. The predicted octanol–water partition coefficient (Wildman–Crippen LogP) is 3.46. The maximum atomic E-state index is 5.09. The number of ether oxygens (including phenoxy) is 1. The van der Waals surface area contributed by atoms with E-state index in [4.69, 9.17) is 4.74 Å². The number of hydrogen-bond donors (Lipinski definition) is 0. The lowest BCUT2D eigenvalue weighted by atomic mass is 9.86. The molecular weight excluding hydrogens is 282 g/mol. The first-order chi connectivity index (χ1) is 10.3. The highest BCUT2D eigenvalue weighted by atomic mass is 32.1. The Balaban J connectivity index is 1.68. The molecule has 0 N–H and O–H groups in total. The van der Waals surface area contributed by atoms with E-state index in [0.717, 1.165) is 17.5 Å². The monoisotopic (exact) mass is 303 g/mol. The molecule has 0 bridgehead atoms. The van der Waals surface area contributed by atoms with E-state index in [9.17, 15) is 0 Å². The molecule has 0 spiro atoms. The van der Waals surface area contributed by atoms with Crippen molar-refractivity contribution in [2.75, 3.05) is 18.6 Å². The Morgan fingerprint density at radius 1 is 1.33 bits per heavy atom. The van der Waals surface area contributed by atoms with Gasteiger partial charge in [0.2, 0.25) is 5.13 Å². The summed E-state index contributed by atoms with van der Waals surface area (Å²) in [7, 11) is 1.68. The van der Waals surface area contributed by atoms with E-state index in [0.29, 0.717) is 18.6 Å². The van der Waals surface area contributed by atoms with E-state index in [1.807, 2.05) is 0 Å². The third-order valence-corrected chi connectivity index (χ3v) is 4.91. The van der Waals surface area contributed by atoms with Gasteiger partial charge in [-0.1, -0.05) is 30.3 Å². The number of nitrogens with zero attached hydrogens (tertiary/aromatic N) is 3. The summed E-state index contributed by atoms with van der Waals surface area (Å²) in [5, 5.41) is 1.03. The second-order valence-corrected chi connectivity index (χ2v) is 6.33. The minimum atomic E-state index is 0.491. The van der Waals surface area contributed by atoms with Gasteiger partial charge in [0.25, 0.3) is 0 Å². The molecule has 2 unspecified atom stereocenters. The number of benzene rings is 1. The largest absolute Gasteiger partial charge is 0.377 e. The number of methoxy groups -OCH3 is 1. The zero-order valence-electron chi connectivity index (χ0n) is 12.5. The predicted molar refractivity (Wildman–Crippen MR) is 85.8 cm³/mol. The van der Waals surface area contributed by atoms with Crippen LogP contribution in [0, 0.1) is 0 Å². The summed E-state index contributed by atoms with van der Waals surface area (Å²) >= 11 is 1.48. The molecule has 1 aromatic heterocycles. The molecule has 3 rings (SSSR count). The molecule has 2 atom stereocenters. The van der Waals surface area contributed by atoms with E-state index in [-0.39, 0.29) is 0 Å². The molecule has 0 saturated carbocycles. The molecule has 5 heteroatoms. The highest BCUT2D eigenvalue weighted by Crippen LogP contribution is 2.34. The topological polar surface area (TPSA) is 38.2 Å². The molecule has 1 aliphatic rings. The van der Waals surface area contributed by atoms with E-state index in [2.05, 4.69) is 51.5 Å². The van der Waals surface area contributed by atoms with Crippen LogP contribution in [0.4, 0.5) is 5.13 Å². The first kappa shape index (κ1) is 14.5.